The summed E-state index contributed by atoms with van der Waals surface area (Å²) < 4.78 is 26.2. The van der Waals surface area contributed by atoms with Crippen LogP contribution >= 0.6 is 11.3 Å². The van der Waals surface area contributed by atoms with Gasteiger partial charge in [-0.25, -0.2) is 13.8 Å². The molecule has 0 aliphatic heterocycles. The van der Waals surface area contributed by atoms with Crippen molar-refractivity contribution in [2.24, 2.45) is 0 Å². The average Bonchev–Trinajstić information content (AvgIpc) is 2.84. The van der Waals surface area contributed by atoms with Crippen molar-refractivity contribution in [1.29, 1.82) is 0 Å². The topological polar surface area (TPSA) is 85.1 Å². The lowest BCUT2D eigenvalue weighted by atomic mass is 10.1. The predicted octanol–water partition coefficient (Wildman–Crippen LogP) is 2.57. The van der Waals surface area contributed by atoms with Crippen molar-refractivity contribution in [3.8, 4) is 0 Å². The Morgan fingerprint density at radius 1 is 1.43 bits per heavy atom. The first-order chi connectivity index (χ1) is 9.88. The van der Waals surface area contributed by atoms with Gasteiger partial charge in [0.1, 0.15) is 10.6 Å². The Morgan fingerprint density at radius 3 is 2.67 bits per heavy atom. The van der Waals surface area contributed by atoms with Gasteiger partial charge in [0.25, 0.3) is 11.6 Å². The Morgan fingerprint density at radius 2 is 2.10 bits per heavy atom. The molecule has 0 atom stereocenters. The van der Waals surface area contributed by atoms with Gasteiger partial charge in [-0.3, -0.25) is 14.9 Å². The fraction of sp³-hybridized carbons (Fsp3) is 0.167. The number of halogens is 2. The zero-order chi connectivity index (χ0) is 15.6. The standard InChI is InChI=1S/C12H9F2N3O3S/c1-6-4-15-11(21-6)5-16-12(18)7-2-8(13)9(14)3-10(7)17(19)20/h2-4H,5H2,1H3,(H,16,18). The lowest BCUT2D eigenvalue weighted by molar-refractivity contribution is -0.385. The second kappa shape index (κ2) is 5.92. The number of nitrogens with zero attached hydrogens (tertiary/aromatic N) is 2. The van der Waals surface area contributed by atoms with Gasteiger partial charge in [0.05, 0.1) is 17.5 Å². The van der Waals surface area contributed by atoms with E-state index in [0.29, 0.717) is 17.1 Å². The molecule has 1 N–H and O–H groups in total. The van der Waals surface area contributed by atoms with Crippen LogP contribution < -0.4 is 5.32 Å². The van der Waals surface area contributed by atoms with Crippen LogP contribution in [0.4, 0.5) is 14.5 Å². The van der Waals surface area contributed by atoms with E-state index in [4.69, 9.17) is 0 Å². The largest absolute Gasteiger partial charge is 0.345 e. The molecule has 1 aromatic carbocycles. The molecule has 0 aliphatic carbocycles. The number of amides is 1. The molecule has 0 radical (unpaired) electrons. The van der Waals surface area contributed by atoms with Crippen molar-refractivity contribution in [2.75, 3.05) is 0 Å². The number of carbonyl (C=O) groups is 1. The number of nitrogens with one attached hydrogen (secondary N) is 1. The summed E-state index contributed by atoms with van der Waals surface area (Å²) >= 11 is 1.35. The number of benzene rings is 1. The number of carbonyl (C=O) groups excluding carboxylic acids is 1. The lowest BCUT2D eigenvalue weighted by Crippen LogP contribution is -2.24. The Balaban J connectivity index is 2.22. The van der Waals surface area contributed by atoms with Crippen LogP contribution in [0.3, 0.4) is 0 Å². The number of nitro benzene ring substituents is 1. The van der Waals surface area contributed by atoms with Crippen molar-refractivity contribution in [3.63, 3.8) is 0 Å². The molecule has 0 spiro atoms. The third-order valence-electron chi connectivity index (χ3n) is 2.55. The van der Waals surface area contributed by atoms with E-state index in [2.05, 4.69) is 10.3 Å². The van der Waals surface area contributed by atoms with Crippen LogP contribution in [0, 0.1) is 28.7 Å². The number of aromatic nitrogens is 1. The normalized spacial score (nSPS) is 10.4. The third-order valence-corrected chi connectivity index (χ3v) is 3.46. The Kier molecular flexibility index (Phi) is 4.22. The summed E-state index contributed by atoms with van der Waals surface area (Å²) in [5, 5.41) is 13.8. The molecule has 0 bridgehead atoms. The van der Waals surface area contributed by atoms with Gasteiger partial charge in [0.15, 0.2) is 11.6 Å². The molecule has 21 heavy (non-hydrogen) atoms. The molecule has 1 heterocycles. The van der Waals surface area contributed by atoms with Crippen LogP contribution in [0.15, 0.2) is 18.3 Å². The van der Waals surface area contributed by atoms with Crippen LogP contribution in [0.1, 0.15) is 20.2 Å². The molecule has 9 heteroatoms. The van der Waals surface area contributed by atoms with Crippen LogP contribution in [0.2, 0.25) is 0 Å². The molecule has 110 valence electrons. The summed E-state index contributed by atoms with van der Waals surface area (Å²) in [5.74, 6) is -3.57. The summed E-state index contributed by atoms with van der Waals surface area (Å²) in [4.78, 5) is 26.7. The van der Waals surface area contributed by atoms with Crippen molar-refractivity contribution >= 4 is 22.9 Å². The molecule has 1 amide bonds. The van der Waals surface area contributed by atoms with Gasteiger partial charge in [0, 0.05) is 11.1 Å². The summed E-state index contributed by atoms with van der Waals surface area (Å²) in [7, 11) is 0. The maximum Gasteiger partial charge on any atom is 0.285 e. The molecular formula is C12H9F2N3O3S. The number of aryl methyl sites for hydroxylation is 1. The molecule has 6 nitrogen and oxygen atoms in total. The predicted molar refractivity (Wildman–Crippen MR) is 71.0 cm³/mol. The van der Waals surface area contributed by atoms with Crippen molar-refractivity contribution in [2.45, 2.75) is 13.5 Å². The van der Waals surface area contributed by atoms with E-state index in [1.165, 1.54) is 11.3 Å². The van der Waals surface area contributed by atoms with Gasteiger partial charge in [-0.2, -0.15) is 0 Å². The first-order valence-corrected chi connectivity index (χ1v) is 6.53. The van der Waals surface area contributed by atoms with Gasteiger partial charge >= 0.3 is 0 Å². The van der Waals surface area contributed by atoms with Crippen LogP contribution in [-0.2, 0) is 6.54 Å². The smallest absolute Gasteiger partial charge is 0.285 e. The molecule has 2 rings (SSSR count). The number of nitro groups is 1. The van der Waals surface area contributed by atoms with Crippen LogP contribution in [0.5, 0.6) is 0 Å². The highest BCUT2D eigenvalue weighted by molar-refractivity contribution is 7.11. The Bertz CT molecular complexity index is 718. The van der Waals surface area contributed by atoms with Crippen molar-refractivity contribution < 1.29 is 18.5 Å². The van der Waals surface area contributed by atoms with E-state index < -0.39 is 33.7 Å². The van der Waals surface area contributed by atoms with Gasteiger partial charge in [-0.05, 0) is 13.0 Å². The summed E-state index contributed by atoms with van der Waals surface area (Å²) in [6.07, 6.45) is 1.62. The van der Waals surface area contributed by atoms with Crippen molar-refractivity contribution in [3.05, 3.63) is 55.5 Å². The number of hydrogen-bond acceptors (Lipinski definition) is 5. The fourth-order valence-corrected chi connectivity index (χ4v) is 2.33. The minimum atomic E-state index is -1.38. The van der Waals surface area contributed by atoms with Crippen molar-refractivity contribution in [1.82, 2.24) is 10.3 Å². The number of rotatable bonds is 4. The minimum absolute atomic E-state index is 0.0491. The third kappa shape index (κ3) is 3.37. The Hall–Kier alpha value is -2.42. The van der Waals surface area contributed by atoms with Gasteiger partial charge in [0.2, 0.25) is 0 Å². The summed E-state index contributed by atoms with van der Waals surface area (Å²) in [6, 6.07) is 0.897. The maximum atomic E-state index is 13.2. The molecule has 0 fully saturated rings. The highest BCUT2D eigenvalue weighted by atomic mass is 32.1. The molecule has 0 aliphatic rings. The molecule has 0 saturated carbocycles. The van der Waals surface area contributed by atoms with Gasteiger partial charge < -0.3 is 5.32 Å². The lowest BCUT2D eigenvalue weighted by Gasteiger charge is -2.05. The van der Waals surface area contributed by atoms with E-state index in [1.54, 1.807) is 6.20 Å². The second-order valence-corrected chi connectivity index (χ2v) is 5.41. The zero-order valence-corrected chi connectivity index (χ0v) is 11.5. The van der Waals surface area contributed by atoms with E-state index in [-0.39, 0.29) is 6.54 Å². The van der Waals surface area contributed by atoms with Gasteiger partial charge in [-0.1, -0.05) is 0 Å². The van der Waals surface area contributed by atoms with Gasteiger partial charge in [-0.15, -0.1) is 11.3 Å². The quantitative estimate of drug-likeness (QED) is 0.694. The molecule has 1 aromatic heterocycles. The maximum absolute atomic E-state index is 13.2. The van der Waals surface area contributed by atoms with Crippen LogP contribution in [0.25, 0.3) is 0 Å². The monoisotopic (exact) mass is 313 g/mol. The number of thiazole rings is 1. The Labute approximate surface area is 121 Å². The fourth-order valence-electron chi connectivity index (χ4n) is 1.60. The first-order valence-electron chi connectivity index (χ1n) is 5.71. The molecule has 2 aromatic rings. The van der Waals surface area contributed by atoms with E-state index in [9.17, 15) is 23.7 Å². The van der Waals surface area contributed by atoms with E-state index in [1.807, 2.05) is 6.92 Å². The second-order valence-electron chi connectivity index (χ2n) is 4.09. The highest BCUT2D eigenvalue weighted by Crippen LogP contribution is 2.22. The zero-order valence-electron chi connectivity index (χ0n) is 10.7. The SMILES string of the molecule is Cc1cnc(CNC(=O)c2cc(F)c(F)cc2[N+](=O)[O-])s1. The molecular weight excluding hydrogens is 304 g/mol. The summed E-state index contributed by atoms with van der Waals surface area (Å²) in [5.41, 5.74) is -1.33. The molecule has 0 unspecified atom stereocenters. The summed E-state index contributed by atoms with van der Waals surface area (Å²) in [6.45, 7) is 1.89. The highest BCUT2D eigenvalue weighted by Gasteiger charge is 2.23. The van der Waals surface area contributed by atoms with E-state index >= 15 is 0 Å². The van der Waals surface area contributed by atoms with E-state index in [0.717, 1.165) is 4.88 Å². The minimum Gasteiger partial charge on any atom is -0.345 e. The average molecular weight is 313 g/mol. The molecule has 0 saturated heterocycles. The first kappa shape index (κ1) is 15.0. The number of hydrogen-bond donors (Lipinski definition) is 1. The van der Waals surface area contributed by atoms with Crippen LogP contribution in [-0.4, -0.2) is 15.8 Å².